The summed E-state index contributed by atoms with van der Waals surface area (Å²) in [5, 5.41) is 3.59. The lowest BCUT2D eigenvalue weighted by Crippen LogP contribution is -2.48. The van der Waals surface area contributed by atoms with Crippen LogP contribution in [0, 0.1) is 0 Å². The van der Waals surface area contributed by atoms with Crippen LogP contribution in [0.5, 0.6) is 5.75 Å². The number of piperazine rings is 1. The van der Waals surface area contributed by atoms with Gasteiger partial charge in [-0.05, 0) is 51.0 Å². The van der Waals surface area contributed by atoms with Crippen molar-refractivity contribution in [1.29, 1.82) is 0 Å². The van der Waals surface area contributed by atoms with E-state index in [9.17, 15) is 9.59 Å². The van der Waals surface area contributed by atoms with Gasteiger partial charge in [-0.3, -0.25) is 9.59 Å². The Morgan fingerprint density at radius 1 is 1.14 bits per heavy atom. The van der Waals surface area contributed by atoms with E-state index >= 15 is 0 Å². The zero-order chi connectivity index (χ0) is 24.9. The summed E-state index contributed by atoms with van der Waals surface area (Å²) in [7, 11) is 0. The smallest absolute Gasteiger partial charge is 0.273 e. The summed E-state index contributed by atoms with van der Waals surface area (Å²) in [5.41, 5.74) is 3.69. The minimum absolute atomic E-state index is 0.0131. The molecule has 3 aliphatic heterocycles. The van der Waals surface area contributed by atoms with Crippen LogP contribution in [-0.4, -0.2) is 69.9 Å². The molecule has 1 aromatic carbocycles. The fourth-order valence-electron chi connectivity index (χ4n) is 5.08. The predicted octanol–water partition coefficient (Wildman–Crippen LogP) is 3.01. The van der Waals surface area contributed by atoms with Crippen LogP contribution in [0.4, 0.5) is 11.8 Å². The molecule has 0 saturated carbocycles. The third-order valence-electron chi connectivity index (χ3n) is 7.19. The molecule has 4 heterocycles. The largest absolute Gasteiger partial charge is 0.490 e. The first kappa shape index (κ1) is 23.4. The molecule has 2 atom stereocenters. The molecular weight excluding hydrogens is 444 g/mol. The molecule has 9 heteroatoms. The van der Waals surface area contributed by atoms with E-state index in [1.165, 1.54) is 5.56 Å². The number of ether oxygens (including phenoxy) is 1. The number of rotatable bonds is 5. The molecule has 1 saturated heterocycles. The Balaban J connectivity index is 1.45. The van der Waals surface area contributed by atoms with Crippen molar-refractivity contribution in [2.24, 2.45) is 0 Å². The van der Waals surface area contributed by atoms with E-state index in [-0.39, 0.29) is 30.0 Å². The SMILES string of the molecule is CC(=O)N1CCN(c2nc(NC(C)c3ccc4c(c3)CC(C)O4)c3c(n2)C(=O)N(C(C)C)C3)CC1. The quantitative estimate of drug-likeness (QED) is 0.706. The van der Waals surface area contributed by atoms with Crippen molar-refractivity contribution < 1.29 is 14.3 Å². The number of benzene rings is 1. The number of anilines is 2. The highest BCUT2D eigenvalue weighted by atomic mass is 16.5. The summed E-state index contributed by atoms with van der Waals surface area (Å²) in [6.07, 6.45) is 1.11. The summed E-state index contributed by atoms with van der Waals surface area (Å²) in [6.45, 7) is 12.8. The Labute approximate surface area is 206 Å². The summed E-state index contributed by atoms with van der Waals surface area (Å²) in [6, 6.07) is 6.39. The van der Waals surface area contributed by atoms with Gasteiger partial charge in [-0.2, -0.15) is 4.98 Å². The number of amides is 2. The van der Waals surface area contributed by atoms with Crippen molar-refractivity contribution in [1.82, 2.24) is 19.8 Å². The third-order valence-corrected chi connectivity index (χ3v) is 7.19. The second kappa shape index (κ2) is 9.02. The Morgan fingerprint density at radius 3 is 2.57 bits per heavy atom. The zero-order valence-electron chi connectivity index (χ0n) is 21.2. The van der Waals surface area contributed by atoms with Crippen LogP contribution in [-0.2, 0) is 17.8 Å². The first-order valence-corrected chi connectivity index (χ1v) is 12.5. The van der Waals surface area contributed by atoms with Gasteiger partial charge >= 0.3 is 0 Å². The van der Waals surface area contributed by atoms with Crippen LogP contribution >= 0.6 is 0 Å². The lowest BCUT2D eigenvalue weighted by atomic mass is 10.0. The highest BCUT2D eigenvalue weighted by molar-refractivity contribution is 5.98. The van der Waals surface area contributed by atoms with Crippen LogP contribution in [0.25, 0.3) is 0 Å². The van der Waals surface area contributed by atoms with Gasteiger partial charge in [-0.15, -0.1) is 0 Å². The van der Waals surface area contributed by atoms with E-state index in [2.05, 4.69) is 36.2 Å². The van der Waals surface area contributed by atoms with Gasteiger partial charge in [0, 0.05) is 57.2 Å². The molecule has 1 aromatic heterocycles. The first-order chi connectivity index (χ1) is 16.7. The van der Waals surface area contributed by atoms with Crippen LogP contribution < -0.4 is 15.0 Å². The van der Waals surface area contributed by atoms with Crippen molar-refractivity contribution in [2.75, 3.05) is 36.4 Å². The topological polar surface area (TPSA) is 90.9 Å². The van der Waals surface area contributed by atoms with Gasteiger partial charge in [0.15, 0.2) is 0 Å². The maximum absolute atomic E-state index is 13.2. The van der Waals surface area contributed by atoms with Crippen LogP contribution in [0.2, 0.25) is 0 Å². The Bertz CT molecular complexity index is 1160. The minimum atomic E-state index is -0.0552. The van der Waals surface area contributed by atoms with Gasteiger partial charge in [0.05, 0.1) is 6.54 Å². The summed E-state index contributed by atoms with van der Waals surface area (Å²) < 4.78 is 5.86. The number of hydrogen-bond donors (Lipinski definition) is 1. The van der Waals surface area contributed by atoms with Gasteiger partial charge in [-0.1, -0.05) is 6.07 Å². The van der Waals surface area contributed by atoms with Crippen LogP contribution in [0.1, 0.15) is 67.8 Å². The molecule has 0 radical (unpaired) electrons. The summed E-state index contributed by atoms with van der Waals surface area (Å²) >= 11 is 0. The van der Waals surface area contributed by atoms with Gasteiger partial charge in [-0.25, -0.2) is 4.98 Å². The molecule has 0 spiro atoms. The average Bonchev–Trinajstić information content (AvgIpc) is 3.37. The number of nitrogens with zero attached hydrogens (tertiary/aromatic N) is 5. The van der Waals surface area contributed by atoms with Gasteiger partial charge < -0.3 is 24.8 Å². The van der Waals surface area contributed by atoms with E-state index in [4.69, 9.17) is 14.7 Å². The molecule has 35 heavy (non-hydrogen) atoms. The molecule has 1 fully saturated rings. The van der Waals surface area contributed by atoms with Crippen molar-refractivity contribution >= 4 is 23.6 Å². The van der Waals surface area contributed by atoms with Gasteiger partial charge in [0.25, 0.3) is 5.91 Å². The molecular formula is C26H34N6O3. The second-order valence-corrected chi connectivity index (χ2v) is 10.1. The molecule has 186 valence electrons. The average molecular weight is 479 g/mol. The van der Waals surface area contributed by atoms with Gasteiger partial charge in [0.2, 0.25) is 11.9 Å². The number of carbonyl (C=O) groups excluding carboxylic acids is 2. The Kier molecular flexibility index (Phi) is 6.02. The standard InChI is InChI=1S/C26H34N6O3/c1-15(2)32-14-21-23(25(32)34)28-26(31-10-8-30(9-11-31)18(5)33)29-24(21)27-17(4)19-6-7-22-20(13-19)12-16(3)35-22/h6-7,13,15-17H,8-12,14H2,1-5H3,(H,27,28,29). The molecule has 3 aliphatic rings. The monoisotopic (exact) mass is 478 g/mol. The minimum Gasteiger partial charge on any atom is -0.490 e. The fraction of sp³-hybridized carbons (Fsp3) is 0.538. The molecule has 5 rings (SSSR count). The van der Waals surface area contributed by atoms with E-state index in [0.717, 1.165) is 23.3 Å². The van der Waals surface area contributed by atoms with Crippen molar-refractivity contribution in [3.05, 3.63) is 40.6 Å². The highest BCUT2D eigenvalue weighted by Crippen LogP contribution is 2.35. The van der Waals surface area contributed by atoms with E-state index in [1.54, 1.807) is 6.92 Å². The van der Waals surface area contributed by atoms with E-state index in [0.29, 0.717) is 50.2 Å². The van der Waals surface area contributed by atoms with Crippen molar-refractivity contribution in [3.8, 4) is 5.75 Å². The molecule has 0 aliphatic carbocycles. The Hall–Kier alpha value is -3.36. The van der Waals surface area contributed by atoms with Gasteiger partial charge in [0.1, 0.15) is 23.4 Å². The molecule has 2 unspecified atom stereocenters. The number of hydrogen-bond acceptors (Lipinski definition) is 7. The number of nitrogens with one attached hydrogen (secondary N) is 1. The Morgan fingerprint density at radius 2 is 1.89 bits per heavy atom. The lowest BCUT2D eigenvalue weighted by molar-refractivity contribution is -0.129. The van der Waals surface area contributed by atoms with Crippen molar-refractivity contribution in [2.45, 2.75) is 65.8 Å². The maximum atomic E-state index is 13.2. The maximum Gasteiger partial charge on any atom is 0.273 e. The molecule has 2 amide bonds. The molecule has 2 aromatic rings. The summed E-state index contributed by atoms with van der Waals surface area (Å²) in [5.74, 6) is 2.22. The summed E-state index contributed by atoms with van der Waals surface area (Å²) in [4.78, 5) is 40.3. The van der Waals surface area contributed by atoms with Crippen molar-refractivity contribution in [3.63, 3.8) is 0 Å². The first-order valence-electron chi connectivity index (χ1n) is 12.5. The number of aromatic nitrogens is 2. The number of carbonyl (C=O) groups is 2. The number of fused-ring (bicyclic) bond motifs is 2. The van der Waals surface area contributed by atoms with Crippen LogP contribution in [0.3, 0.4) is 0 Å². The third kappa shape index (κ3) is 4.39. The van der Waals surface area contributed by atoms with Crippen LogP contribution in [0.15, 0.2) is 18.2 Å². The highest BCUT2D eigenvalue weighted by Gasteiger charge is 2.35. The zero-order valence-corrected chi connectivity index (χ0v) is 21.2. The lowest BCUT2D eigenvalue weighted by Gasteiger charge is -2.34. The predicted molar refractivity (Wildman–Crippen MR) is 134 cm³/mol. The molecule has 9 nitrogen and oxygen atoms in total. The van der Waals surface area contributed by atoms with E-state index < -0.39 is 0 Å². The molecule has 0 bridgehead atoms. The normalized spacial score (nSPS) is 20.1. The van der Waals surface area contributed by atoms with E-state index in [1.807, 2.05) is 29.7 Å². The molecule has 1 N–H and O–H groups in total. The fourth-order valence-corrected chi connectivity index (χ4v) is 5.08. The second-order valence-electron chi connectivity index (χ2n) is 10.1.